The van der Waals surface area contributed by atoms with E-state index >= 15 is 0 Å². The predicted molar refractivity (Wildman–Crippen MR) is 218 cm³/mol. The van der Waals surface area contributed by atoms with Crippen LogP contribution in [0.5, 0.6) is 0 Å². The van der Waals surface area contributed by atoms with Crippen molar-refractivity contribution < 1.29 is 0 Å². The number of fused-ring (bicyclic) bond motifs is 7. The molecule has 0 saturated heterocycles. The Balaban J connectivity index is 1.27. The van der Waals surface area contributed by atoms with E-state index in [9.17, 15) is 0 Å². The van der Waals surface area contributed by atoms with Crippen LogP contribution in [0.1, 0.15) is 66.8 Å². The van der Waals surface area contributed by atoms with Crippen LogP contribution in [0, 0.1) is 55.4 Å². The van der Waals surface area contributed by atoms with Crippen LogP contribution in [-0.2, 0) is 12.8 Å². The molecule has 0 nitrogen and oxygen atoms in total. The molecule has 2 aliphatic heterocycles. The fourth-order valence-electron chi connectivity index (χ4n) is 10.0. The van der Waals surface area contributed by atoms with E-state index in [2.05, 4.69) is 140 Å². The highest BCUT2D eigenvalue weighted by Gasteiger charge is 2.35. The molecule has 3 heteroatoms. The third kappa shape index (κ3) is 4.80. The summed E-state index contributed by atoms with van der Waals surface area (Å²) in [5.74, 6) is 0. The molecule has 9 rings (SSSR count). The Hall–Kier alpha value is -4.33. The molecule has 0 radical (unpaired) electrons. The van der Waals surface area contributed by atoms with Crippen molar-refractivity contribution in [3.63, 3.8) is 0 Å². The van der Waals surface area contributed by atoms with Crippen LogP contribution in [0.15, 0.2) is 84.9 Å². The van der Waals surface area contributed by atoms with Crippen molar-refractivity contribution in [1.82, 2.24) is 0 Å². The van der Waals surface area contributed by atoms with Crippen molar-refractivity contribution in [1.29, 1.82) is 0 Å². The lowest BCUT2D eigenvalue weighted by atomic mass is 9.32. The third-order valence-electron chi connectivity index (χ3n) is 11.6. The maximum absolute atomic E-state index is 2.55. The maximum Gasteiger partial charge on any atom is 0.242 e. The summed E-state index contributed by atoms with van der Waals surface area (Å²) in [4.78, 5) is 0. The van der Waals surface area contributed by atoms with Crippen LogP contribution >= 0.6 is 11.3 Å². The molecule has 0 saturated carbocycles. The Labute approximate surface area is 296 Å². The molecular formula is C46H42B2S. The van der Waals surface area contributed by atoms with Crippen LogP contribution in [0.3, 0.4) is 0 Å². The van der Waals surface area contributed by atoms with Gasteiger partial charge in [-0.3, -0.25) is 0 Å². The molecule has 0 fully saturated rings. The van der Waals surface area contributed by atoms with Crippen LogP contribution in [0.25, 0.3) is 20.2 Å². The molecule has 0 aliphatic carbocycles. The standard InChI is InChI=1S/C46H42B2S/c1-25-13-29(5)43-33(17-25)21-34-18-26(2)14-30(6)44(34)47(43)37-9-11-41-39(23-37)40-24-38(10-12-42(40)49-41)48-45-31(7)15-27(3)19-35(45)22-36-20-28(4)16-32(8)46(36)48/h9-20,23-24H,21-22H2,1-8H3. The largest absolute Gasteiger partial charge is 0.242 e. The van der Waals surface area contributed by atoms with Crippen LogP contribution in [0.4, 0.5) is 0 Å². The molecule has 0 atom stereocenters. The first-order valence-electron chi connectivity index (χ1n) is 17.9. The molecule has 238 valence electrons. The number of thiophene rings is 1. The predicted octanol–water partition coefficient (Wildman–Crippen LogP) is 7.36. The average Bonchev–Trinajstić information content (AvgIpc) is 3.39. The zero-order valence-corrected chi connectivity index (χ0v) is 30.9. The zero-order chi connectivity index (χ0) is 33.9. The van der Waals surface area contributed by atoms with Crippen molar-refractivity contribution in [2.75, 3.05) is 0 Å². The normalized spacial score (nSPS) is 13.5. The van der Waals surface area contributed by atoms with Gasteiger partial charge in [0.15, 0.2) is 0 Å². The molecule has 1 aromatic heterocycles. The van der Waals surface area contributed by atoms with E-state index in [1.807, 2.05) is 11.3 Å². The fraction of sp³-hybridized carbons (Fsp3) is 0.217. The summed E-state index contributed by atoms with van der Waals surface area (Å²) >= 11 is 1.94. The number of hydrogen-bond acceptors (Lipinski definition) is 1. The van der Waals surface area contributed by atoms with Gasteiger partial charge < -0.3 is 0 Å². The first-order valence-corrected chi connectivity index (χ1v) is 18.7. The summed E-state index contributed by atoms with van der Waals surface area (Å²) in [6.45, 7) is 18.7. The monoisotopic (exact) mass is 648 g/mol. The van der Waals surface area contributed by atoms with Crippen molar-refractivity contribution in [3.8, 4) is 0 Å². The number of rotatable bonds is 2. The first-order chi connectivity index (χ1) is 23.5. The summed E-state index contributed by atoms with van der Waals surface area (Å²) in [7, 11) is 0. The summed E-state index contributed by atoms with van der Waals surface area (Å²) < 4.78 is 2.74. The molecule has 49 heavy (non-hydrogen) atoms. The van der Waals surface area contributed by atoms with Crippen LogP contribution in [0.2, 0.25) is 0 Å². The highest BCUT2D eigenvalue weighted by Crippen LogP contribution is 2.34. The van der Waals surface area contributed by atoms with E-state index in [0.29, 0.717) is 0 Å². The summed E-state index contributed by atoms with van der Waals surface area (Å²) in [5, 5.41) is 2.78. The van der Waals surface area contributed by atoms with Crippen molar-refractivity contribution in [2.24, 2.45) is 0 Å². The average molecular weight is 649 g/mol. The van der Waals surface area contributed by atoms with Crippen molar-refractivity contribution in [2.45, 2.75) is 68.2 Å². The molecule has 0 spiro atoms. The third-order valence-corrected chi connectivity index (χ3v) is 12.7. The van der Waals surface area contributed by atoms with E-state index in [4.69, 9.17) is 0 Å². The van der Waals surface area contributed by atoms with E-state index in [0.717, 1.165) is 12.8 Å². The topological polar surface area (TPSA) is 0 Å². The quantitative estimate of drug-likeness (QED) is 0.172. The molecule has 6 aromatic carbocycles. The smallest absolute Gasteiger partial charge is 0.135 e. The van der Waals surface area contributed by atoms with Gasteiger partial charge in [0.05, 0.1) is 0 Å². The highest BCUT2D eigenvalue weighted by atomic mass is 32.1. The Kier molecular flexibility index (Phi) is 6.95. The van der Waals surface area contributed by atoms with Gasteiger partial charge in [-0.2, -0.15) is 0 Å². The Morgan fingerprint density at radius 3 is 1.00 bits per heavy atom. The summed E-state index contributed by atoms with van der Waals surface area (Å²) in [5.41, 5.74) is 25.9. The number of hydrogen-bond donors (Lipinski definition) is 0. The van der Waals surface area contributed by atoms with E-state index in [-0.39, 0.29) is 13.4 Å². The van der Waals surface area contributed by atoms with Gasteiger partial charge in [-0.25, -0.2) is 0 Å². The Morgan fingerprint density at radius 1 is 0.388 bits per heavy atom. The minimum Gasteiger partial charge on any atom is -0.135 e. The lowest BCUT2D eigenvalue weighted by molar-refractivity contribution is 1.16. The lowest BCUT2D eigenvalue weighted by Gasteiger charge is -2.31. The second kappa shape index (κ2) is 11.1. The van der Waals surface area contributed by atoms with Gasteiger partial charge >= 0.3 is 0 Å². The highest BCUT2D eigenvalue weighted by molar-refractivity contribution is 7.26. The van der Waals surface area contributed by atoms with Gasteiger partial charge in [-0.1, -0.05) is 150 Å². The number of aryl methyl sites for hydroxylation is 8. The van der Waals surface area contributed by atoms with E-state index in [1.54, 1.807) is 0 Å². The Bertz CT molecular complexity index is 2260. The van der Waals surface area contributed by atoms with E-state index < -0.39 is 0 Å². The van der Waals surface area contributed by atoms with E-state index in [1.165, 1.54) is 120 Å². The molecule has 0 N–H and O–H groups in total. The summed E-state index contributed by atoms with van der Waals surface area (Å²) in [6, 6.07) is 34.0. The molecule has 7 aromatic rings. The van der Waals surface area contributed by atoms with Crippen LogP contribution < -0.4 is 32.8 Å². The Morgan fingerprint density at radius 2 is 0.694 bits per heavy atom. The SMILES string of the molecule is Cc1cc(C)c2c(c1)Cc1cc(C)cc(C)c1B2c1ccc2sc3ccc(B4c5c(C)cc(C)cc5Cc5cc(C)cc(C)c54)cc3c2c1. The first kappa shape index (κ1) is 30.7. The summed E-state index contributed by atoms with van der Waals surface area (Å²) in [6.07, 6.45) is 2.03. The number of benzene rings is 6. The maximum atomic E-state index is 2.55. The minimum absolute atomic E-state index is 0.233. The molecular weight excluding hydrogens is 606 g/mol. The van der Waals surface area contributed by atoms with Crippen LogP contribution in [-0.4, -0.2) is 13.4 Å². The van der Waals surface area contributed by atoms with Gasteiger partial charge in [0, 0.05) is 9.40 Å². The van der Waals surface area contributed by atoms with Gasteiger partial charge in [-0.15, -0.1) is 11.3 Å². The molecule has 3 heterocycles. The fourth-order valence-corrected chi connectivity index (χ4v) is 11.1. The second-order valence-corrected chi connectivity index (χ2v) is 16.5. The minimum atomic E-state index is 0.233. The van der Waals surface area contributed by atoms with Crippen molar-refractivity contribution in [3.05, 3.63) is 152 Å². The molecule has 0 amide bonds. The van der Waals surface area contributed by atoms with Gasteiger partial charge in [0.1, 0.15) is 0 Å². The lowest BCUT2D eigenvalue weighted by Crippen LogP contribution is -2.58. The van der Waals surface area contributed by atoms with Gasteiger partial charge in [0.25, 0.3) is 0 Å². The van der Waals surface area contributed by atoms with Gasteiger partial charge in [-0.05, 0) is 113 Å². The zero-order valence-electron chi connectivity index (χ0n) is 30.1. The molecule has 0 bridgehead atoms. The second-order valence-electron chi connectivity index (χ2n) is 15.5. The van der Waals surface area contributed by atoms with Crippen molar-refractivity contribution >= 4 is 77.7 Å². The van der Waals surface area contributed by atoms with Gasteiger partial charge in [0.2, 0.25) is 13.4 Å². The molecule has 2 aliphatic rings. The molecule has 0 unspecified atom stereocenters.